The second-order valence-electron chi connectivity index (χ2n) is 6.43. The van der Waals surface area contributed by atoms with Crippen molar-refractivity contribution in [3.05, 3.63) is 47.5 Å². The molecule has 0 atom stereocenters. The number of nitrogens with zero attached hydrogens (tertiary/aromatic N) is 3. The average Bonchev–Trinajstić information content (AvgIpc) is 3.23. The molecule has 0 N–H and O–H groups in total. The molecular formula is C18H20FN3O2. The lowest BCUT2D eigenvalue weighted by molar-refractivity contribution is 0.0614. The van der Waals surface area contributed by atoms with E-state index in [1.807, 2.05) is 4.90 Å². The van der Waals surface area contributed by atoms with Gasteiger partial charge in [-0.15, -0.1) is 0 Å². The molecule has 2 aliphatic rings. The van der Waals surface area contributed by atoms with Crippen LogP contribution < -0.4 is 4.74 Å². The fourth-order valence-electron chi connectivity index (χ4n) is 3.61. The molecule has 1 aliphatic heterocycles. The van der Waals surface area contributed by atoms with Gasteiger partial charge in [0.2, 0.25) is 0 Å². The van der Waals surface area contributed by atoms with Crippen LogP contribution in [0, 0.1) is 5.82 Å². The second-order valence-corrected chi connectivity index (χ2v) is 6.43. The largest absolute Gasteiger partial charge is 0.487 e. The van der Waals surface area contributed by atoms with E-state index in [4.69, 9.17) is 4.74 Å². The minimum Gasteiger partial charge on any atom is -0.487 e. The highest BCUT2D eigenvalue weighted by molar-refractivity contribution is 5.93. The first-order valence-corrected chi connectivity index (χ1v) is 8.47. The number of benzene rings is 1. The van der Waals surface area contributed by atoms with E-state index < -0.39 is 0 Å². The molecule has 0 unspecified atom stereocenters. The maximum atomic E-state index is 13.2. The van der Waals surface area contributed by atoms with E-state index in [9.17, 15) is 9.18 Å². The molecule has 5 nitrogen and oxygen atoms in total. The summed E-state index contributed by atoms with van der Waals surface area (Å²) in [7, 11) is 0. The Hall–Kier alpha value is -2.37. The Morgan fingerprint density at radius 2 is 2.04 bits per heavy atom. The normalized spacial score (nSPS) is 18.0. The SMILES string of the molecule is O=C1c2cc(COc3cccc(F)c3)nn2CCN1C1CCCC1. The first-order valence-electron chi connectivity index (χ1n) is 8.47. The van der Waals surface area contributed by atoms with Gasteiger partial charge in [-0.05, 0) is 31.0 Å². The number of aromatic nitrogens is 2. The third-order valence-corrected chi connectivity index (χ3v) is 4.81. The van der Waals surface area contributed by atoms with E-state index in [-0.39, 0.29) is 18.3 Å². The summed E-state index contributed by atoms with van der Waals surface area (Å²) in [4.78, 5) is 14.7. The van der Waals surface area contributed by atoms with Gasteiger partial charge in [0.05, 0.1) is 6.54 Å². The number of fused-ring (bicyclic) bond motifs is 1. The Labute approximate surface area is 140 Å². The molecule has 0 spiro atoms. The van der Waals surface area contributed by atoms with Crippen molar-refractivity contribution >= 4 is 5.91 Å². The fraction of sp³-hybridized carbons (Fsp3) is 0.444. The molecule has 0 radical (unpaired) electrons. The van der Waals surface area contributed by atoms with Crippen LogP contribution in [0.2, 0.25) is 0 Å². The lowest BCUT2D eigenvalue weighted by atomic mass is 10.1. The number of hydrogen-bond acceptors (Lipinski definition) is 3. The zero-order chi connectivity index (χ0) is 16.5. The molecule has 1 amide bonds. The highest BCUT2D eigenvalue weighted by Crippen LogP contribution is 2.27. The van der Waals surface area contributed by atoms with E-state index in [0.29, 0.717) is 23.2 Å². The van der Waals surface area contributed by atoms with Gasteiger partial charge in [0.15, 0.2) is 0 Å². The van der Waals surface area contributed by atoms with Gasteiger partial charge >= 0.3 is 0 Å². The third-order valence-electron chi connectivity index (χ3n) is 4.81. The van der Waals surface area contributed by atoms with Crippen LogP contribution in [-0.4, -0.2) is 33.2 Å². The topological polar surface area (TPSA) is 47.4 Å². The Balaban J connectivity index is 1.46. The van der Waals surface area contributed by atoms with E-state index in [0.717, 1.165) is 25.9 Å². The first kappa shape index (κ1) is 15.2. The molecule has 2 heterocycles. The molecule has 1 saturated carbocycles. The quantitative estimate of drug-likeness (QED) is 0.866. The minimum atomic E-state index is -0.334. The van der Waals surface area contributed by atoms with Gasteiger partial charge in [-0.3, -0.25) is 9.48 Å². The van der Waals surface area contributed by atoms with E-state index in [1.54, 1.807) is 22.9 Å². The number of hydrogen-bond donors (Lipinski definition) is 0. The number of ether oxygens (including phenoxy) is 1. The predicted octanol–water partition coefficient (Wildman–Crippen LogP) is 3.00. The standard InChI is InChI=1S/C18H20FN3O2/c19-13-4-3-7-16(10-13)24-12-14-11-17-18(23)21(8-9-22(17)20-14)15-5-1-2-6-15/h3-4,7,10-11,15H,1-2,5-6,8-9,12H2. The van der Waals surface area contributed by atoms with Crippen molar-refractivity contribution in [1.29, 1.82) is 0 Å². The fourth-order valence-corrected chi connectivity index (χ4v) is 3.61. The van der Waals surface area contributed by atoms with E-state index in [1.165, 1.54) is 25.0 Å². The molecule has 1 aliphatic carbocycles. The lowest BCUT2D eigenvalue weighted by Crippen LogP contribution is -2.45. The Morgan fingerprint density at radius 1 is 1.21 bits per heavy atom. The van der Waals surface area contributed by atoms with Crippen LogP contribution >= 0.6 is 0 Å². The number of carbonyl (C=O) groups is 1. The van der Waals surface area contributed by atoms with Crippen molar-refractivity contribution in [2.45, 2.75) is 44.9 Å². The van der Waals surface area contributed by atoms with Crippen LogP contribution in [0.3, 0.4) is 0 Å². The molecule has 1 aromatic carbocycles. The van der Waals surface area contributed by atoms with Crippen LogP contribution in [0.5, 0.6) is 5.75 Å². The zero-order valence-corrected chi connectivity index (χ0v) is 13.4. The molecule has 6 heteroatoms. The van der Waals surface area contributed by atoms with Crippen LogP contribution in [0.15, 0.2) is 30.3 Å². The summed E-state index contributed by atoms with van der Waals surface area (Å²) in [6.45, 7) is 1.67. The molecule has 2 aromatic rings. The Bertz CT molecular complexity index is 752. The highest BCUT2D eigenvalue weighted by atomic mass is 19.1. The van der Waals surface area contributed by atoms with Crippen LogP contribution in [0.1, 0.15) is 41.9 Å². The van der Waals surface area contributed by atoms with Crippen molar-refractivity contribution in [3.8, 4) is 5.75 Å². The molecule has 4 rings (SSSR count). The monoisotopic (exact) mass is 329 g/mol. The maximum Gasteiger partial charge on any atom is 0.272 e. The lowest BCUT2D eigenvalue weighted by Gasteiger charge is -2.32. The molecule has 1 fully saturated rings. The van der Waals surface area contributed by atoms with E-state index in [2.05, 4.69) is 5.10 Å². The van der Waals surface area contributed by atoms with Crippen LogP contribution in [0.4, 0.5) is 4.39 Å². The summed E-state index contributed by atoms with van der Waals surface area (Å²) in [5.41, 5.74) is 1.32. The summed E-state index contributed by atoms with van der Waals surface area (Å²) in [5, 5.41) is 4.45. The smallest absolute Gasteiger partial charge is 0.272 e. The second kappa shape index (κ2) is 6.26. The third kappa shape index (κ3) is 2.88. The molecule has 1 aromatic heterocycles. The summed E-state index contributed by atoms with van der Waals surface area (Å²) in [5.74, 6) is 0.191. The van der Waals surface area contributed by atoms with Crippen molar-refractivity contribution in [1.82, 2.24) is 14.7 Å². The minimum absolute atomic E-state index is 0.0673. The molecular weight excluding hydrogens is 309 g/mol. The Kier molecular flexibility index (Phi) is 3.96. The summed E-state index contributed by atoms with van der Waals surface area (Å²) in [6, 6.07) is 8.19. The highest BCUT2D eigenvalue weighted by Gasteiger charge is 2.32. The molecule has 0 bridgehead atoms. The number of rotatable bonds is 4. The summed E-state index contributed by atoms with van der Waals surface area (Å²) in [6.07, 6.45) is 4.63. The van der Waals surface area contributed by atoms with E-state index >= 15 is 0 Å². The maximum absolute atomic E-state index is 13.2. The van der Waals surface area contributed by atoms with Gasteiger partial charge in [-0.25, -0.2) is 4.39 Å². The summed E-state index contributed by atoms with van der Waals surface area (Å²) < 4.78 is 20.5. The van der Waals surface area contributed by atoms with Gasteiger partial charge in [0.1, 0.15) is 29.6 Å². The van der Waals surface area contributed by atoms with Crippen LogP contribution in [0.25, 0.3) is 0 Å². The Morgan fingerprint density at radius 3 is 2.83 bits per heavy atom. The summed E-state index contributed by atoms with van der Waals surface area (Å²) >= 11 is 0. The van der Waals surface area contributed by atoms with Crippen molar-refractivity contribution in [2.24, 2.45) is 0 Å². The average molecular weight is 329 g/mol. The van der Waals surface area contributed by atoms with Gasteiger partial charge in [-0.1, -0.05) is 18.9 Å². The van der Waals surface area contributed by atoms with Gasteiger partial charge in [-0.2, -0.15) is 5.10 Å². The van der Waals surface area contributed by atoms with Gasteiger partial charge in [0.25, 0.3) is 5.91 Å². The molecule has 0 saturated heterocycles. The molecule has 24 heavy (non-hydrogen) atoms. The number of carbonyl (C=O) groups excluding carboxylic acids is 1. The van der Waals surface area contributed by atoms with Crippen molar-refractivity contribution in [3.63, 3.8) is 0 Å². The van der Waals surface area contributed by atoms with Crippen molar-refractivity contribution < 1.29 is 13.9 Å². The zero-order valence-electron chi connectivity index (χ0n) is 13.4. The van der Waals surface area contributed by atoms with Crippen molar-refractivity contribution in [2.75, 3.05) is 6.54 Å². The number of halogens is 1. The van der Waals surface area contributed by atoms with Gasteiger partial charge in [0, 0.05) is 18.7 Å². The first-order chi connectivity index (χ1) is 11.7. The van der Waals surface area contributed by atoms with Gasteiger partial charge < -0.3 is 9.64 Å². The van der Waals surface area contributed by atoms with Crippen LogP contribution in [-0.2, 0) is 13.2 Å². The predicted molar refractivity (Wildman–Crippen MR) is 86.3 cm³/mol. The number of amides is 1. The molecule has 126 valence electrons.